The molecule has 6 heteroatoms. The Bertz CT molecular complexity index is 846. The van der Waals surface area contributed by atoms with Crippen molar-refractivity contribution in [2.75, 3.05) is 19.6 Å². The SMILES string of the molecule is CCCN(CC(=O)N1CCn2cccc2C1c1ccccc1F)C(=O)C(C)C. The Morgan fingerprint density at radius 3 is 2.61 bits per heavy atom. The van der Waals surface area contributed by atoms with Gasteiger partial charge in [-0.25, -0.2) is 4.39 Å². The average Bonchev–Trinajstić information content (AvgIpc) is 3.15. The van der Waals surface area contributed by atoms with Gasteiger partial charge in [-0.05, 0) is 24.6 Å². The molecular formula is C22H28FN3O2. The van der Waals surface area contributed by atoms with Crippen LogP contribution in [0.15, 0.2) is 42.6 Å². The van der Waals surface area contributed by atoms with Gasteiger partial charge in [0.05, 0.1) is 6.54 Å². The summed E-state index contributed by atoms with van der Waals surface area (Å²) in [7, 11) is 0. The Morgan fingerprint density at radius 1 is 1.18 bits per heavy atom. The Morgan fingerprint density at radius 2 is 1.93 bits per heavy atom. The van der Waals surface area contributed by atoms with Crippen molar-refractivity contribution in [3.05, 3.63) is 59.7 Å². The molecule has 0 aliphatic carbocycles. The largest absolute Gasteiger partial charge is 0.348 e. The van der Waals surface area contributed by atoms with Gasteiger partial charge < -0.3 is 14.4 Å². The molecule has 1 aliphatic rings. The molecule has 0 fully saturated rings. The van der Waals surface area contributed by atoms with Gasteiger partial charge in [-0.3, -0.25) is 9.59 Å². The summed E-state index contributed by atoms with van der Waals surface area (Å²) in [5, 5.41) is 0. The Hall–Kier alpha value is -2.63. The lowest BCUT2D eigenvalue weighted by Crippen LogP contribution is -2.48. The highest BCUT2D eigenvalue weighted by molar-refractivity contribution is 5.86. The van der Waals surface area contributed by atoms with E-state index in [9.17, 15) is 14.0 Å². The fraction of sp³-hybridized carbons (Fsp3) is 0.455. The normalized spacial score (nSPS) is 16.2. The second-order valence-electron chi connectivity index (χ2n) is 7.55. The fourth-order valence-corrected chi connectivity index (χ4v) is 3.83. The molecule has 1 aromatic heterocycles. The van der Waals surface area contributed by atoms with Crippen molar-refractivity contribution < 1.29 is 14.0 Å². The second kappa shape index (κ2) is 8.59. The van der Waals surface area contributed by atoms with Crippen LogP contribution < -0.4 is 0 Å². The van der Waals surface area contributed by atoms with E-state index in [1.807, 2.05) is 39.1 Å². The standard InChI is InChI=1S/C22H28FN3O2/c1-4-11-25(22(28)16(2)3)15-20(27)26-14-13-24-12-7-10-19(24)21(26)17-8-5-6-9-18(17)23/h5-10,12,16,21H,4,11,13-15H2,1-3H3. The van der Waals surface area contributed by atoms with Crippen LogP contribution in [0.1, 0.15) is 44.5 Å². The topological polar surface area (TPSA) is 45.6 Å². The van der Waals surface area contributed by atoms with Crippen LogP contribution in [0.2, 0.25) is 0 Å². The number of carbonyl (C=O) groups is 2. The summed E-state index contributed by atoms with van der Waals surface area (Å²) in [4.78, 5) is 29.1. The summed E-state index contributed by atoms with van der Waals surface area (Å²) >= 11 is 0. The molecule has 2 aromatic rings. The van der Waals surface area contributed by atoms with E-state index < -0.39 is 6.04 Å². The summed E-state index contributed by atoms with van der Waals surface area (Å²) in [5.41, 5.74) is 1.37. The molecule has 1 aliphatic heterocycles. The van der Waals surface area contributed by atoms with Gasteiger partial charge in [0, 0.05) is 43.0 Å². The minimum Gasteiger partial charge on any atom is -0.348 e. The highest BCUT2D eigenvalue weighted by Gasteiger charge is 2.34. The zero-order valence-corrected chi connectivity index (χ0v) is 16.8. The van der Waals surface area contributed by atoms with E-state index in [1.165, 1.54) is 6.07 Å². The first-order valence-electron chi connectivity index (χ1n) is 9.91. The van der Waals surface area contributed by atoms with Gasteiger partial charge >= 0.3 is 0 Å². The Kier molecular flexibility index (Phi) is 6.17. The highest BCUT2D eigenvalue weighted by Crippen LogP contribution is 2.33. The van der Waals surface area contributed by atoms with Crippen LogP contribution in [0.4, 0.5) is 4.39 Å². The van der Waals surface area contributed by atoms with Crippen LogP contribution in [0.5, 0.6) is 0 Å². The first-order chi connectivity index (χ1) is 13.4. The van der Waals surface area contributed by atoms with Gasteiger partial charge in [0.2, 0.25) is 11.8 Å². The van der Waals surface area contributed by atoms with Crippen molar-refractivity contribution in [1.29, 1.82) is 0 Å². The van der Waals surface area contributed by atoms with Gasteiger partial charge in [0.15, 0.2) is 0 Å². The molecule has 3 rings (SSSR count). The highest BCUT2D eigenvalue weighted by atomic mass is 19.1. The number of nitrogens with zero attached hydrogens (tertiary/aromatic N) is 3. The smallest absolute Gasteiger partial charge is 0.243 e. The van der Waals surface area contributed by atoms with Crippen LogP contribution in [0, 0.1) is 11.7 Å². The van der Waals surface area contributed by atoms with E-state index in [0.29, 0.717) is 25.2 Å². The van der Waals surface area contributed by atoms with Crippen molar-refractivity contribution in [3.63, 3.8) is 0 Å². The molecule has 2 amide bonds. The zero-order chi connectivity index (χ0) is 20.3. The van der Waals surface area contributed by atoms with Gasteiger partial charge in [-0.15, -0.1) is 0 Å². The van der Waals surface area contributed by atoms with Crippen LogP contribution in [-0.4, -0.2) is 45.8 Å². The number of aromatic nitrogens is 1. The lowest BCUT2D eigenvalue weighted by Gasteiger charge is -2.38. The number of carbonyl (C=O) groups excluding carboxylic acids is 2. The molecule has 0 spiro atoms. The summed E-state index contributed by atoms with van der Waals surface area (Å²) in [5.74, 6) is -0.676. The van der Waals surface area contributed by atoms with Crippen LogP contribution in [-0.2, 0) is 16.1 Å². The molecule has 0 radical (unpaired) electrons. The third kappa shape index (κ3) is 3.96. The molecule has 150 valence electrons. The van der Waals surface area contributed by atoms with E-state index >= 15 is 0 Å². The third-order valence-electron chi connectivity index (χ3n) is 5.18. The minimum atomic E-state index is -0.491. The predicted molar refractivity (Wildman–Crippen MR) is 106 cm³/mol. The molecule has 1 unspecified atom stereocenters. The van der Waals surface area contributed by atoms with Crippen molar-refractivity contribution in [2.24, 2.45) is 5.92 Å². The minimum absolute atomic E-state index is 0.0243. The van der Waals surface area contributed by atoms with Gasteiger partial charge in [0.25, 0.3) is 0 Å². The molecule has 28 heavy (non-hydrogen) atoms. The molecule has 2 heterocycles. The molecule has 0 saturated heterocycles. The lowest BCUT2D eigenvalue weighted by atomic mass is 9.99. The summed E-state index contributed by atoms with van der Waals surface area (Å²) in [6.45, 7) is 7.37. The second-order valence-corrected chi connectivity index (χ2v) is 7.55. The molecule has 0 saturated carbocycles. The van der Waals surface area contributed by atoms with Gasteiger partial charge in [0.1, 0.15) is 11.9 Å². The fourth-order valence-electron chi connectivity index (χ4n) is 3.83. The van der Waals surface area contributed by atoms with Crippen molar-refractivity contribution >= 4 is 11.8 Å². The van der Waals surface area contributed by atoms with E-state index in [4.69, 9.17) is 0 Å². The monoisotopic (exact) mass is 385 g/mol. The van der Waals surface area contributed by atoms with Crippen molar-refractivity contribution in [2.45, 2.75) is 39.8 Å². The van der Waals surface area contributed by atoms with E-state index in [2.05, 4.69) is 4.57 Å². The maximum Gasteiger partial charge on any atom is 0.243 e. The number of hydrogen-bond acceptors (Lipinski definition) is 2. The van der Waals surface area contributed by atoms with Crippen LogP contribution in [0.25, 0.3) is 0 Å². The average molecular weight is 385 g/mol. The molecule has 1 atom stereocenters. The summed E-state index contributed by atoms with van der Waals surface area (Å²) in [6, 6.07) is 9.95. The van der Waals surface area contributed by atoms with Crippen LogP contribution in [0.3, 0.4) is 0 Å². The third-order valence-corrected chi connectivity index (χ3v) is 5.18. The number of fused-ring (bicyclic) bond motifs is 1. The van der Waals surface area contributed by atoms with E-state index in [-0.39, 0.29) is 30.1 Å². The van der Waals surface area contributed by atoms with Gasteiger partial charge in [-0.1, -0.05) is 39.0 Å². The zero-order valence-electron chi connectivity index (χ0n) is 16.8. The quantitative estimate of drug-likeness (QED) is 0.765. The van der Waals surface area contributed by atoms with Crippen molar-refractivity contribution in [3.8, 4) is 0 Å². The molecular weight excluding hydrogens is 357 g/mol. The number of rotatable bonds is 6. The number of benzene rings is 1. The van der Waals surface area contributed by atoms with E-state index in [1.54, 1.807) is 28.0 Å². The first-order valence-corrected chi connectivity index (χ1v) is 9.91. The maximum absolute atomic E-state index is 14.6. The lowest BCUT2D eigenvalue weighted by molar-refractivity contribution is -0.143. The summed E-state index contributed by atoms with van der Waals surface area (Å²) in [6.07, 6.45) is 2.74. The molecule has 0 bridgehead atoms. The van der Waals surface area contributed by atoms with Crippen LogP contribution >= 0.6 is 0 Å². The van der Waals surface area contributed by atoms with E-state index in [0.717, 1.165) is 12.1 Å². The molecule has 5 nitrogen and oxygen atoms in total. The molecule has 1 aromatic carbocycles. The Labute approximate surface area is 165 Å². The number of halogens is 1. The van der Waals surface area contributed by atoms with Crippen molar-refractivity contribution in [1.82, 2.24) is 14.4 Å². The molecule has 0 N–H and O–H groups in total. The Balaban J connectivity index is 1.92. The first kappa shape index (κ1) is 20.1. The number of amides is 2. The van der Waals surface area contributed by atoms with Gasteiger partial charge in [-0.2, -0.15) is 0 Å². The maximum atomic E-state index is 14.6. The number of hydrogen-bond donors (Lipinski definition) is 0. The summed E-state index contributed by atoms with van der Waals surface area (Å²) < 4.78 is 16.7. The predicted octanol–water partition coefficient (Wildman–Crippen LogP) is 3.45.